The Bertz CT molecular complexity index is 384. The highest BCUT2D eigenvalue weighted by molar-refractivity contribution is 5.86. The molecule has 0 aliphatic carbocycles. The third-order valence-corrected chi connectivity index (χ3v) is 2.73. The molecule has 0 spiro atoms. The van der Waals surface area contributed by atoms with Crippen molar-refractivity contribution < 1.29 is 4.79 Å². The molecule has 1 aromatic carbocycles. The van der Waals surface area contributed by atoms with Gasteiger partial charge in [0.15, 0.2) is 0 Å². The zero-order chi connectivity index (χ0) is 12.9. The van der Waals surface area contributed by atoms with Crippen LogP contribution < -0.4 is 11.1 Å². The van der Waals surface area contributed by atoms with Gasteiger partial charge in [0.25, 0.3) is 0 Å². The smallest absolute Gasteiger partial charge is 0.240 e. The van der Waals surface area contributed by atoms with Crippen LogP contribution in [0.25, 0.3) is 0 Å². The van der Waals surface area contributed by atoms with E-state index in [1.165, 1.54) is 0 Å². The van der Waals surface area contributed by atoms with Gasteiger partial charge < -0.3 is 11.1 Å². The first-order valence-corrected chi connectivity index (χ1v) is 5.73. The quantitative estimate of drug-likeness (QED) is 0.764. The number of nitrogens with two attached hydrogens (primary N) is 1. The van der Waals surface area contributed by atoms with Crippen LogP contribution in [0.4, 0.5) is 0 Å². The standard InChI is InChI=1S/C14H20N2O/c1-4-10-14(3,15)13(17)16-11(2)12-8-6-5-7-9-12/h4-9,11H,1,10,15H2,2-3H3,(H,16,17)/t11-,14-/m0/s1. The van der Waals surface area contributed by atoms with Gasteiger partial charge in [-0.25, -0.2) is 0 Å². The van der Waals surface area contributed by atoms with Crippen LogP contribution in [0.2, 0.25) is 0 Å². The first-order chi connectivity index (χ1) is 7.97. The first-order valence-electron chi connectivity index (χ1n) is 5.73. The molecule has 0 radical (unpaired) electrons. The van der Waals surface area contributed by atoms with Gasteiger partial charge in [-0.2, -0.15) is 0 Å². The lowest BCUT2D eigenvalue weighted by Crippen LogP contribution is -2.51. The van der Waals surface area contributed by atoms with Crippen molar-refractivity contribution in [1.29, 1.82) is 0 Å². The van der Waals surface area contributed by atoms with Crippen molar-refractivity contribution in [3.8, 4) is 0 Å². The summed E-state index contributed by atoms with van der Waals surface area (Å²) in [7, 11) is 0. The zero-order valence-corrected chi connectivity index (χ0v) is 10.4. The molecule has 0 fully saturated rings. The second kappa shape index (κ2) is 5.64. The van der Waals surface area contributed by atoms with E-state index in [2.05, 4.69) is 11.9 Å². The fraction of sp³-hybridized carbons (Fsp3) is 0.357. The van der Waals surface area contributed by atoms with Gasteiger partial charge in [0.05, 0.1) is 11.6 Å². The average molecular weight is 232 g/mol. The normalized spacial score (nSPS) is 15.7. The minimum atomic E-state index is -0.898. The van der Waals surface area contributed by atoms with E-state index in [4.69, 9.17) is 5.73 Å². The third kappa shape index (κ3) is 3.71. The van der Waals surface area contributed by atoms with Crippen LogP contribution in [0.1, 0.15) is 31.9 Å². The van der Waals surface area contributed by atoms with Gasteiger partial charge in [-0.15, -0.1) is 6.58 Å². The summed E-state index contributed by atoms with van der Waals surface area (Å²) in [6, 6.07) is 9.75. The van der Waals surface area contributed by atoms with E-state index in [0.717, 1.165) is 5.56 Å². The number of nitrogens with one attached hydrogen (secondary N) is 1. The summed E-state index contributed by atoms with van der Waals surface area (Å²) in [6.45, 7) is 7.26. The van der Waals surface area contributed by atoms with Crippen LogP contribution in [-0.4, -0.2) is 11.4 Å². The molecule has 1 rings (SSSR count). The Morgan fingerprint density at radius 1 is 1.53 bits per heavy atom. The molecule has 0 saturated carbocycles. The number of benzene rings is 1. The van der Waals surface area contributed by atoms with Crippen LogP contribution in [0.5, 0.6) is 0 Å². The number of carbonyl (C=O) groups is 1. The Kier molecular flexibility index (Phi) is 4.46. The Labute approximate surface area is 103 Å². The SMILES string of the molecule is C=CC[C@](C)(N)C(=O)N[C@@H](C)c1ccccc1. The summed E-state index contributed by atoms with van der Waals surface area (Å²) in [5.41, 5.74) is 6.08. The lowest BCUT2D eigenvalue weighted by molar-refractivity contribution is -0.126. The maximum Gasteiger partial charge on any atom is 0.240 e. The number of carbonyl (C=O) groups excluding carboxylic acids is 1. The maximum atomic E-state index is 12.0. The molecule has 92 valence electrons. The number of hydrogen-bond donors (Lipinski definition) is 2. The van der Waals surface area contributed by atoms with E-state index in [1.54, 1.807) is 13.0 Å². The van der Waals surface area contributed by atoms with Gasteiger partial charge >= 0.3 is 0 Å². The van der Waals surface area contributed by atoms with Crippen molar-refractivity contribution >= 4 is 5.91 Å². The molecule has 0 unspecified atom stereocenters. The van der Waals surface area contributed by atoms with E-state index >= 15 is 0 Å². The van der Waals surface area contributed by atoms with Crippen LogP contribution in [0.15, 0.2) is 43.0 Å². The van der Waals surface area contributed by atoms with Crippen LogP contribution >= 0.6 is 0 Å². The molecule has 3 heteroatoms. The molecular weight excluding hydrogens is 212 g/mol. The second-order valence-electron chi connectivity index (χ2n) is 4.52. The van der Waals surface area contributed by atoms with Crippen molar-refractivity contribution in [2.75, 3.05) is 0 Å². The predicted octanol–water partition coefficient (Wildman–Crippen LogP) is 2.16. The molecule has 1 aromatic rings. The molecule has 17 heavy (non-hydrogen) atoms. The lowest BCUT2D eigenvalue weighted by atomic mass is 9.97. The summed E-state index contributed by atoms with van der Waals surface area (Å²) in [6.07, 6.45) is 2.12. The molecular formula is C14H20N2O. The van der Waals surface area contributed by atoms with Crippen LogP contribution in [0, 0.1) is 0 Å². The Balaban J connectivity index is 2.66. The van der Waals surface area contributed by atoms with E-state index in [-0.39, 0.29) is 11.9 Å². The fourth-order valence-electron chi connectivity index (χ4n) is 1.58. The summed E-state index contributed by atoms with van der Waals surface area (Å²) >= 11 is 0. The summed E-state index contributed by atoms with van der Waals surface area (Å²) in [5, 5.41) is 2.91. The largest absolute Gasteiger partial charge is 0.348 e. The molecule has 3 N–H and O–H groups in total. The Morgan fingerprint density at radius 2 is 2.12 bits per heavy atom. The van der Waals surface area contributed by atoms with Gasteiger partial charge in [0.1, 0.15) is 0 Å². The van der Waals surface area contributed by atoms with E-state index < -0.39 is 5.54 Å². The Hall–Kier alpha value is -1.61. The van der Waals surface area contributed by atoms with Crippen LogP contribution in [-0.2, 0) is 4.79 Å². The summed E-state index contributed by atoms with van der Waals surface area (Å²) in [4.78, 5) is 12.0. The molecule has 0 aliphatic heterocycles. The zero-order valence-electron chi connectivity index (χ0n) is 10.4. The maximum absolute atomic E-state index is 12.0. The predicted molar refractivity (Wildman–Crippen MR) is 70.4 cm³/mol. The Morgan fingerprint density at radius 3 is 2.65 bits per heavy atom. The van der Waals surface area contributed by atoms with Gasteiger partial charge in [0, 0.05) is 0 Å². The highest BCUT2D eigenvalue weighted by atomic mass is 16.2. The fourth-order valence-corrected chi connectivity index (χ4v) is 1.58. The van der Waals surface area contributed by atoms with Crippen molar-refractivity contribution in [2.45, 2.75) is 31.8 Å². The van der Waals surface area contributed by atoms with Crippen molar-refractivity contribution in [3.63, 3.8) is 0 Å². The van der Waals surface area contributed by atoms with Gasteiger partial charge in [-0.1, -0.05) is 36.4 Å². The average Bonchev–Trinajstić information content (AvgIpc) is 2.30. The molecule has 0 heterocycles. The summed E-state index contributed by atoms with van der Waals surface area (Å²) < 4.78 is 0. The molecule has 0 aromatic heterocycles. The molecule has 1 amide bonds. The topological polar surface area (TPSA) is 55.1 Å². The number of amides is 1. The highest BCUT2D eigenvalue weighted by Crippen LogP contribution is 2.14. The van der Waals surface area contributed by atoms with Crippen molar-refractivity contribution in [3.05, 3.63) is 48.6 Å². The second-order valence-corrected chi connectivity index (χ2v) is 4.52. The van der Waals surface area contributed by atoms with Crippen molar-refractivity contribution in [1.82, 2.24) is 5.32 Å². The van der Waals surface area contributed by atoms with Crippen molar-refractivity contribution in [2.24, 2.45) is 5.73 Å². The minimum Gasteiger partial charge on any atom is -0.348 e. The van der Waals surface area contributed by atoms with Gasteiger partial charge in [0.2, 0.25) is 5.91 Å². The first kappa shape index (κ1) is 13.5. The molecule has 0 bridgehead atoms. The number of hydrogen-bond acceptors (Lipinski definition) is 2. The van der Waals surface area contributed by atoms with E-state index in [1.807, 2.05) is 37.3 Å². The molecule has 0 saturated heterocycles. The highest BCUT2D eigenvalue weighted by Gasteiger charge is 2.27. The van der Waals surface area contributed by atoms with E-state index in [0.29, 0.717) is 6.42 Å². The minimum absolute atomic E-state index is 0.0450. The summed E-state index contributed by atoms with van der Waals surface area (Å²) in [5.74, 6) is -0.159. The molecule has 3 nitrogen and oxygen atoms in total. The monoisotopic (exact) mass is 232 g/mol. The van der Waals surface area contributed by atoms with Gasteiger partial charge in [-0.05, 0) is 25.8 Å². The third-order valence-electron chi connectivity index (χ3n) is 2.73. The van der Waals surface area contributed by atoms with Gasteiger partial charge in [-0.3, -0.25) is 4.79 Å². The molecule has 0 aliphatic rings. The van der Waals surface area contributed by atoms with Crippen LogP contribution in [0.3, 0.4) is 0 Å². The van der Waals surface area contributed by atoms with E-state index in [9.17, 15) is 4.79 Å². The number of rotatable bonds is 5. The lowest BCUT2D eigenvalue weighted by Gasteiger charge is -2.24. The molecule has 2 atom stereocenters.